The highest BCUT2D eigenvalue weighted by Gasteiger charge is 2.33. The Labute approximate surface area is 111 Å². The van der Waals surface area contributed by atoms with Crippen LogP contribution in [0.3, 0.4) is 0 Å². The number of aryl methyl sites for hydroxylation is 1. The SMILES string of the molecule is [CH2]CN1c2ccc(C(F)(F)F)cc2CCC1COC. The second kappa shape index (κ2) is 5.41. The number of methoxy groups -OCH3 is 1. The first-order valence-electron chi connectivity index (χ1n) is 6.22. The van der Waals surface area contributed by atoms with Gasteiger partial charge in [-0.1, -0.05) is 0 Å². The summed E-state index contributed by atoms with van der Waals surface area (Å²) >= 11 is 0. The fourth-order valence-corrected chi connectivity index (χ4v) is 2.59. The van der Waals surface area contributed by atoms with Gasteiger partial charge in [-0.15, -0.1) is 0 Å². The largest absolute Gasteiger partial charge is 0.416 e. The molecule has 105 valence electrons. The number of hydrogen-bond donors (Lipinski definition) is 0. The van der Waals surface area contributed by atoms with Crippen LogP contribution < -0.4 is 4.90 Å². The molecule has 1 aliphatic heterocycles. The lowest BCUT2D eigenvalue weighted by molar-refractivity contribution is -0.137. The highest BCUT2D eigenvalue weighted by molar-refractivity contribution is 5.58. The summed E-state index contributed by atoms with van der Waals surface area (Å²) in [6.07, 6.45) is -2.85. The Bertz CT molecular complexity index is 445. The van der Waals surface area contributed by atoms with Crippen LogP contribution in [-0.4, -0.2) is 26.3 Å². The Hall–Kier alpha value is -1.23. The van der Waals surface area contributed by atoms with Crippen molar-refractivity contribution in [2.75, 3.05) is 25.2 Å². The third-order valence-electron chi connectivity index (χ3n) is 3.50. The lowest BCUT2D eigenvalue weighted by atomic mass is 9.94. The Kier molecular flexibility index (Phi) is 4.04. The molecule has 1 aliphatic rings. The van der Waals surface area contributed by atoms with Gasteiger partial charge in [0.2, 0.25) is 0 Å². The number of benzene rings is 1. The molecule has 1 heterocycles. The molecule has 5 heteroatoms. The van der Waals surface area contributed by atoms with Crippen molar-refractivity contribution >= 4 is 5.69 Å². The Balaban J connectivity index is 2.33. The molecule has 2 rings (SSSR count). The molecule has 1 aromatic carbocycles. The molecule has 0 spiro atoms. The van der Waals surface area contributed by atoms with Crippen LogP contribution in [0, 0.1) is 6.92 Å². The number of nitrogens with zero attached hydrogens (tertiary/aromatic N) is 1. The van der Waals surface area contributed by atoms with Crippen LogP contribution in [0.5, 0.6) is 0 Å². The van der Waals surface area contributed by atoms with Crippen LogP contribution in [0.2, 0.25) is 0 Å². The van der Waals surface area contributed by atoms with E-state index in [0.29, 0.717) is 19.6 Å². The summed E-state index contributed by atoms with van der Waals surface area (Å²) in [6.45, 7) is 4.95. The molecule has 1 atom stereocenters. The molecule has 1 unspecified atom stereocenters. The van der Waals surface area contributed by atoms with Crippen molar-refractivity contribution in [2.45, 2.75) is 25.1 Å². The van der Waals surface area contributed by atoms with E-state index >= 15 is 0 Å². The maximum Gasteiger partial charge on any atom is 0.416 e. The molecule has 0 fully saturated rings. The van der Waals surface area contributed by atoms with Crippen LogP contribution >= 0.6 is 0 Å². The van der Waals surface area contributed by atoms with E-state index in [9.17, 15) is 13.2 Å². The number of anilines is 1. The van der Waals surface area contributed by atoms with E-state index in [2.05, 4.69) is 6.92 Å². The van der Waals surface area contributed by atoms with Crippen LogP contribution in [-0.2, 0) is 17.3 Å². The minimum absolute atomic E-state index is 0.187. The second-order valence-corrected chi connectivity index (χ2v) is 4.68. The van der Waals surface area contributed by atoms with E-state index in [0.717, 1.165) is 23.7 Å². The molecule has 0 saturated carbocycles. The predicted molar refractivity (Wildman–Crippen MR) is 68.1 cm³/mol. The van der Waals surface area contributed by atoms with Gasteiger partial charge < -0.3 is 9.64 Å². The fraction of sp³-hybridized carbons (Fsp3) is 0.500. The summed E-state index contributed by atoms with van der Waals surface area (Å²) < 4.78 is 43.2. The van der Waals surface area contributed by atoms with Gasteiger partial charge in [-0.25, -0.2) is 0 Å². The van der Waals surface area contributed by atoms with Gasteiger partial charge in [-0.05, 0) is 43.5 Å². The first-order valence-corrected chi connectivity index (χ1v) is 6.22. The van der Waals surface area contributed by atoms with Crippen molar-refractivity contribution in [3.8, 4) is 0 Å². The summed E-state index contributed by atoms with van der Waals surface area (Å²) in [6, 6.07) is 4.12. The first-order chi connectivity index (χ1) is 8.97. The van der Waals surface area contributed by atoms with Crippen molar-refractivity contribution < 1.29 is 17.9 Å². The molecule has 0 aliphatic carbocycles. The van der Waals surface area contributed by atoms with Gasteiger partial charge in [0.1, 0.15) is 0 Å². The second-order valence-electron chi connectivity index (χ2n) is 4.68. The van der Waals surface area contributed by atoms with Gasteiger partial charge in [-0.3, -0.25) is 0 Å². The lowest BCUT2D eigenvalue weighted by Gasteiger charge is -2.38. The topological polar surface area (TPSA) is 12.5 Å². The molecule has 0 N–H and O–H groups in total. The number of fused-ring (bicyclic) bond motifs is 1. The molecular weight excluding hydrogens is 255 g/mol. The molecule has 2 nitrogen and oxygen atoms in total. The zero-order valence-corrected chi connectivity index (χ0v) is 10.8. The molecule has 0 amide bonds. The third kappa shape index (κ3) is 2.86. The van der Waals surface area contributed by atoms with Gasteiger partial charge in [0.15, 0.2) is 0 Å². The highest BCUT2D eigenvalue weighted by atomic mass is 19.4. The summed E-state index contributed by atoms with van der Waals surface area (Å²) in [5.41, 5.74) is 1.00. The Morgan fingerprint density at radius 2 is 2.16 bits per heavy atom. The Morgan fingerprint density at radius 1 is 1.42 bits per heavy atom. The van der Waals surface area contributed by atoms with Crippen molar-refractivity contribution in [3.05, 3.63) is 36.2 Å². The lowest BCUT2D eigenvalue weighted by Crippen LogP contribution is -2.42. The molecule has 1 radical (unpaired) electrons. The molecule has 0 saturated heterocycles. The quantitative estimate of drug-likeness (QED) is 0.837. The van der Waals surface area contributed by atoms with E-state index in [4.69, 9.17) is 4.74 Å². The van der Waals surface area contributed by atoms with E-state index in [1.807, 2.05) is 4.90 Å². The minimum Gasteiger partial charge on any atom is -0.383 e. The standard InChI is InChI=1S/C14H17F3NO/c1-3-18-12(9-19-2)6-4-10-8-11(14(15,16)17)5-7-13(10)18/h5,7-8,12H,1,3-4,6,9H2,2H3. The van der Waals surface area contributed by atoms with E-state index in [1.165, 1.54) is 6.07 Å². The van der Waals surface area contributed by atoms with Gasteiger partial charge in [-0.2, -0.15) is 13.2 Å². The van der Waals surface area contributed by atoms with E-state index in [1.54, 1.807) is 13.2 Å². The summed E-state index contributed by atoms with van der Waals surface area (Å²) in [7, 11) is 1.63. The highest BCUT2D eigenvalue weighted by Crippen LogP contribution is 2.36. The average molecular weight is 272 g/mol. The van der Waals surface area contributed by atoms with Crippen LogP contribution in [0.4, 0.5) is 18.9 Å². The third-order valence-corrected chi connectivity index (χ3v) is 3.50. The Morgan fingerprint density at radius 3 is 2.74 bits per heavy atom. The summed E-state index contributed by atoms with van der Waals surface area (Å²) in [4.78, 5) is 2.02. The number of rotatable bonds is 3. The zero-order valence-electron chi connectivity index (χ0n) is 10.8. The molecule has 0 bridgehead atoms. The first kappa shape index (κ1) is 14.2. The molecule has 1 aromatic rings. The van der Waals surface area contributed by atoms with Crippen molar-refractivity contribution in [1.82, 2.24) is 0 Å². The maximum atomic E-state index is 12.7. The molecule has 19 heavy (non-hydrogen) atoms. The average Bonchev–Trinajstić information content (AvgIpc) is 2.37. The van der Waals surface area contributed by atoms with Crippen molar-refractivity contribution in [1.29, 1.82) is 0 Å². The predicted octanol–water partition coefficient (Wildman–Crippen LogP) is 3.31. The van der Waals surface area contributed by atoms with E-state index in [-0.39, 0.29) is 6.04 Å². The van der Waals surface area contributed by atoms with Crippen LogP contribution in [0.15, 0.2) is 18.2 Å². The maximum absolute atomic E-state index is 12.7. The summed E-state index contributed by atoms with van der Waals surface area (Å²) in [5, 5.41) is 0. The van der Waals surface area contributed by atoms with E-state index < -0.39 is 11.7 Å². The minimum atomic E-state index is -4.28. The summed E-state index contributed by atoms with van der Waals surface area (Å²) in [5.74, 6) is 0. The van der Waals surface area contributed by atoms with Crippen molar-refractivity contribution in [2.24, 2.45) is 0 Å². The van der Waals surface area contributed by atoms with Gasteiger partial charge in [0.05, 0.1) is 18.2 Å². The number of halogens is 3. The molecular formula is C14H17F3NO. The van der Waals surface area contributed by atoms with Gasteiger partial charge >= 0.3 is 6.18 Å². The van der Waals surface area contributed by atoms with Crippen molar-refractivity contribution in [3.63, 3.8) is 0 Å². The normalized spacial score (nSPS) is 19.4. The number of ether oxygens (including phenoxy) is 1. The smallest absolute Gasteiger partial charge is 0.383 e. The number of alkyl halides is 3. The van der Waals surface area contributed by atoms with Gasteiger partial charge in [0.25, 0.3) is 0 Å². The van der Waals surface area contributed by atoms with Crippen LogP contribution in [0.25, 0.3) is 0 Å². The monoisotopic (exact) mass is 272 g/mol. The van der Waals surface area contributed by atoms with Gasteiger partial charge in [0, 0.05) is 19.3 Å². The fourth-order valence-electron chi connectivity index (χ4n) is 2.59. The zero-order chi connectivity index (χ0) is 14.0. The van der Waals surface area contributed by atoms with Crippen LogP contribution in [0.1, 0.15) is 17.5 Å². The molecule has 0 aromatic heterocycles. The number of hydrogen-bond acceptors (Lipinski definition) is 2.